The summed E-state index contributed by atoms with van der Waals surface area (Å²) in [4.78, 5) is 7.33. The Morgan fingerprint density at radius 1 is 1.35 bits per heavy atom. The van der Waals surface area contributed by atoms with Crippen molar-refractivity contribution in [1.29, 1.82) is 0 Å². The van der Waals surface area contributed by atoms with Crippen molar-refractivity contribution in [2.75, 3.05) is 13.6 Å². The number of hydrogen-bond donors (Lipinski definition) is 1. The second-order valence-corrected chi connectivity index (χ2v) is 7.39. The second kappa shape index (κ2) is 6.09. The van der Waals surface area contributed by atoms with Crippen molar-refractivity contribution in [3.8, 4) is 9.88 Å². The van der Waals surface area contributed by atoms with Crippen LogP contribution < -0.4 is 5.32 Å². The van der Waals surface area contributed by atoms with Crippen LogP contribution in [0.3, 0.4) is 0 Å². The van der Waals surface area contributed by atoms with Gasteiger partial charge in [0.1, 0.15) is 5.01 Å². The number of nitrogens with zero attached hydrogens (tertiary/aromatic N) is 1. The van der Waals surface area contributed by atoms with Crippen LogP contribution in [0.15, 0.2) is 15.9 Å². The molecule has 0 aliphatic rings. The van der Waals surface area contributed by atoms with Gasteiger partial charge in [-0.1, -0.05) is 0 Å². The van der Waals surface area contributed by atoms with Crippen molar-refractivity contribution in [3.63, 3.8) is 0 Å². The number of halogens is 1. The number of hydrogen-bond acceptors (Lipinski definition) is 4. The summed E-state index contributed by atoms with van der Waals surface area (Å²) in [5.74, 6) is 0. The van der Waals surface area contributed by atoms with Gasteiger partial charge >= 0.3 is 0 Å². The Bertz CT molecular complexity index is 490. The number of aromatic nitrogens is 1. The molecule has 0 aliphatic heterocycles. The normalized spacial score (nSPS) is 11.0. The van der Waals surface area contributed by atoms with Gasteiger partial charge in [0.2, 0.25) is 0 Å². The van der Waals surface area contributed by atoms with Crippen LogP contribution in [0, 0.1) is 6.92 Å². The summed E-state index contributed by atoms with van der Waals surface area (Å²) < 4.78 is 1.16. The molecule has 5 heteroatoms. The van der Waals surface area contributed by atoms with Crippen LogP contribution in [0.5, 0.6) is 0 Å². The first kappa shape index (κ1) is 13.2. The summed E-state index contributed by atoms with van der Waals surface area (Å²) in [6, 6.07) is 4.21. The van der Waals surface area contributed by atoms with Crippen LogP contribution in [0.1, 0.15) is 17.0 Å². The Hall–Kier alpha value is -0.230. The summed E-state index contributed by atoms with van der Waals surface area (Å²) in [7, 11) is 1.99. The van der Waals surface area contributed by atoms with Crippen LogP contribution in [0.25, 0.3) is 9.88 Å². The molecule has 0 aromatic carbocycles. The van der Waals surface area contributed by atoms with E-state index in [9.17, 15) is 0 Å². The minimum atomic E-state index is 1.07. The zero-order valence-corrected chi connectivity index (χ0v) is 13.1. The standard InChI is InChI=1S/C12H15BrN2S2/c1-8-9(4-3-7-14-2)17-12(15-8)10-5-6-11(13)16-10/h5-6,14H,3-4,7H2,1-2H3. The van der Waals surface area contributed by atoms with Crippen LogP contribution in [0.4, 0.5) is 0 Å². The highest BCUT2D eigenvalue weighted by Crippen LogP contribution is 2.35. The van der Waals surface area contributed by atoms with E-state index in [0.29, 0.717) is 0 Å². The van der Waals surface area contributed by atoms with Crippen molar-refractivity contribution < 1.29 is 0 Å². The number of rotatable bonds is 5. The van der Waals surface area contributed by atoms with Crippen LogP contribution in [0.2, 0.25) is 0 Å². The molecule has 0 fully saturated rings. The average Bonchev–Trinajstić information content (AvgIpc) is 2.86. The molecule has 0 aliphatic carbocycles. The largest absolute Gasteiger partial charge is 0.320 e. The van der Waals surface area contributed by atoms with E-state index in [-0.39, 0.29) is 0 Å². The lowest BCUT2D eigenvalue weighted by atomic mass is 10.2. The third kappa shape index (κ3) is 3.37. The molecule has 1 N–H and O–H groups in total. The third-order valence-corrected chi connectivity index (χ3v) is 5.52. The topological polar surface area (TPSA) is 24.9 Å². The summed E-state index contributed by atoms with van der Waals surface area (Å²) >= 11 is 7.06. The van der Waals surface area contributed by atoms with Crippen molar-refractivity contribution in [2.45, 2.75) is 19.8 Å². The average molecular weight is 331 g/mol. The monoisotopic (exact) mass is 330 g/mol. The smallest absolute Gasteiger partial charge is 0.133 e. The predicted molar refractivity (Wildman–Crippen MR) is 80.1 cm³/mol. The van der Waals surface area contributed by atoms with Crippen LogP contribution in [-0.4, -0.2) is 18.6 Å². The van der Waals surface area contributed by atoms with Gasteiger partial charge in [-0.2, -0.15) is 0 Å². The molecule has 0 radical (unpaired) electrons. The molecule has 2 nitrogen and oxygen atoms in total. The Labute approximate surface area is 118 Å². The summed E-state index contributed by atoms with van der Waals surface area (Å²) in [6.45, 7) is 3.18. The first-order chi connectivity index (χ1) is 8.20. The van der Waals surface area contributed by atoms with Gasteiger partial charge in [-0.3, -0.25) is 0 Å². The molecule has 0 saturated carbocycles. The van der Waals surface area contributed by atoms with E-state index in [1.54, 1.807) is 11.3 Å². The SMILES string of the molecule is CNCCCc1sc(-c2ccc(Br)s2)nc1C. The fraction of sp³-hybridized carbons (Fsp3) is 0.417. The maximum absolute atomic E-state index is 4.66. The van der Waals surface area contributed by atoms with Gasteiger partial charge in [-0.05, 0) is 61.4 Å². The molecular weight excluding hydrogens is 316 g/mol. The molecule has 0 atom stereocenters. The number of aryl methyl sites for hydroxylation is 2. The molecule has 0 spiro atoms. The van der Waals surface area contributed by atoms with E-state index in [1.807, 2.05) is 18.4 Å². The molecule has 92 valence electrons. The summed E-state index contributed by atoms with van der Waals surface area (Å²) in [6.07, 6.45) is 2.30. The maximum atomic E-state index is 4.66. The van der Waals surface area contributed by atoms with E-state index in [4.69, 9.17) is 0 Å². The van der Waals surface area contributed by atoms with E-state index < -0.39 is 0 Å². The van der Waals surface area contributed by atoms with Gasteiger partial charge in [-0.25, -0.2) is 4.98 Å². The summed E-state index contributed by atoms with van der Waals surface area (Å²) in [5, 5.41) is 4.33. The van der Waals surface area contributed by atoms with Gasteiger partial charge in [0.15, 0.2) is 0 Å². The lowest BCUT2D eigenvalue weighted by Crippen LogP contribution is -2.08. The predicted octanol–water partition coefficient (Wildman–Crippen LogP) is 4.09. The maximum Gasteiger partial charge on any atom is 0.133 e. The Morgan fingerprint density at radius 2 is 2.18 bits per heavy atom. The highest BCUT2D eigenvalue weighted by Gasteiger charge is 2.10. The first-order valence-electron chi connectivity index (χ1n) is 5.57. The molecule has 0 amide bonds. The molecule has 2 heterocycles. The Kier molecular flexibility index (Phi) is 4.73. The molecule has 0 saturated heterocycles. The fourth-order valence-electron chi connectivity index (χ4n) is 1.62. The fourth-order valence-corrected chi connectivity index (χ4v) is 4.17. The zero-order valence-electron chi connectivity index (χ0n) is 9.92. The Balaban J connectivity index is 2.13. The highest BCUT2D eigenvalue weighted by atomic mass is 79.9. The number of nitrogens with one attached hydrogen (secondary N) is 1. The minimum absolute atomic E-state index is 1.07. The molecule has 2 aromatic rings. The highest BCUT2D eigenvalue weighted by molar-refractivity contribution is 9.11. The van der Waals surface area contributed by atoms with Gasteiger partial charge in [-0.15, -0.1) is 22.7 Å². The first-order valence-corrected chi connectivity index (χ1v) is 8.00. The van der Waals surface area contributed by atoms with Crippen molar-refractivity contribution in [1.82, 2.24) is 10.3 Å². The van der Waals surface area contributed by atoms with Crippen LogP contribution in [-0.2, 0) is 6.42 Å². The van der Waals surface area contributed by atoms with Gasteiger partial charge in [0, 0.05) is 4.88 Å². The van der Waals surface area contributed by atoms with Gasteiger partial charge < -0.3 is 5.32 Å². The molecule has 0 unspecified atom stereocenters. The second-order valence-electron chi connectivity index (χ2n) is 3.84. The van der Waals surface area contributed by atoms with E-state index in [0.717, 1.165) is 21.8 Å². The van der Waals surface area contributed by atoms with E-state index >= 15 is 0 Å². The van der Waals surface area contributed by atoms with Crippen LogP contribution >= 0.6 is 38.6 Å². The lowest BCUT2D eigenvalue weighted by Gasteiger charge is -1.97. The van der Waals surface area contributed by atoms with Crippen molar-refractivity contribution >= 4 is 38.6 Å². The van der Waals surface area contributed by atoms with E-state index in [1.165, 1.54) is 21.9 Å². The molecular formula is C12H15BrN2S2. The van der Waals surface area contributed by atoms with E-state index in [2.05, 4.69) is 45.3 Å². The minimum Gasteiger partial charge on any atom is -0.320 e. The lowest BCUT2D eigenvalue weighted by molar-refractivity contribution is 0.727. The molecule has 17 heavy (non-hydrogen) atoms. The number of thiophene rings is 1. The molecule has 2 aromatic heterocycles. The number of thiazole rings is 1. The molecule has 2 rings (SSSR count). The molecule has 0 bridgehead atoms. The third-order valence-electron chi connectivity index (χ3n) is 2.51. The van der Waals surface area contributed by atoms with Crippen molar-refractivity contribution in [3.05, 3.63) is 26.5 Å². The van der Waals surface area contributed by atoms with Gasteiger partial charge in [0.05, 0.1) is 14.4 Å². The zero-order chi connectivity index (χ0) is 12.3. The Morgan fingerprint density at radius 3 is 2.82 bits per heavy atom. The van der Waals surface area contributed by atoms with Crippen molar-refractivity contribution in [2.24, 2.45) is 0 Å². The van der Waals surface area contributed by atoms with Gasteiger partial charge in [0.25, 0.3) is 0 Å². The quantitative estimate of drug-likeness (QED) is 0.835. The summed E-state index contributed by atoms with van der Waals surface area (Å²) in [5.41, 5.74) is 1.19.